The molecular formula is C39H54N6O2Si. The lowest BCUT2D eigenvalue weighted by molar-refractivity contribution is 0.00506. The van der Waals surface area contributed by atoms with Crippen molar-refractivity contribution in [2.75, 3.05) is 26.3 Å². The Hall–Kier alpha value is -3.11. The minimum absolute atomic E-state index is 0.0777. The molecule has 7 rings (SSSR count). The van der Waals surface area contributed by atoms with Gasteiger partial charge in [0.05, 0.1) is 32.1 Å². The Labute approximate surface area is 288 Å². The molecule has 4 aromatic rings. The van der Waals surface area contributed by atoms with Crippen LogP contribution in [0.2, 0.25) is 5.04 Å². The molecule has 2 aromatic carbocycles. The summed E-state index contributed by atoms with van der Waals surface area (Å²) in [6, 6.07) is 22.9. The molecule has 3 fully saturated rings. The molecule has 0 unspecified atom stereocenters. The summed E-state index contributed by atoms with van der Waals surface area (Å²) in [5.41, 5.74) is 1.42. The Bertz CT molecular complexity index is 1550. The summed E-state index contributed by atoms with van der Waals surface area (Å²) in [7, 11) is -0.522. The molecule has 2 saturated carbocycles. The first-order chi connectivity index (χ1) is 23.3. The third-order valence-corrected chi connectivity index (χ3v) is 16.6. The van der Waals surface area contributed by atoms with E-state index >= 15 is 0 Å². The number of rotatable bonds is 9. The van der Waals surface area contributed by atoms with Gasteiger partial charge in [-0.25, -0.2) is 0 Å². The Morgan fingerprint density at radius 3 is 1.96 bits per heavy atom. The first kappa shape index (κ1) is 33.4. The van der Waals surface area contributed by atoms with Gasteiger partial charge in [-0.15, -0.1) is 10.2 Å². The summed E-state index contributed by atoms with van der Waals surface area (Å²) < 4.78 is 17.3. The normalized spacial score (nSPS) is 24.5. The molecule has 0 bridgehead atoms. The second-order valence-corrected chi connectivity index (χ2v) is 19.7. The lowest BCUT2D eigenvalue weighted by Crippen LogP contribution is -2.66. The second-order valence-electron chi connectivity index (χ2n) is 15.4. The molecule has 48 heavy (non-hydrogen) atoms. The molecule has 9 heteroatoms. The zero-order valence-electron chi connectivity index (χ0n) is 29.4. The van der Waals surface area contributed by atoms with Crippen LogP contribution in [0.1, 0.15) is 107 Å². The van der Waals surface area contributed by atoms with Gasteiger partial charge in [-0.2, -0.15) is 5.10 Å². The Balaban J connectivity index is 0.982. The highest BCUT2D eigenvalue weighted by molar-refractivity contribution is 6.99. The molecule has 2 aromatic heterocycles. The lowest BCUT2D eigenvalue weighted by Gasteiger charge is -2.42. The smallest absolute Gasteiger partial charge is 0.261 e. The van der Waals surface area contributed by atoms with E-state index in [9.17, 15) is 0 Å². The number of nitrogens with zero attached hydrogens (tertiary/aromatic N) is 6. The Morgan fingerprint density at radius 1 is 0.771 bits per heavy atom. The van der Waals surface area contributed by atoms with Gasteiger partial charge >= 0.3 is 0 Å². The van der Waals surface area contributed by atoms with E-state index in [4.69, 9.17) is 24.5 Å². The van der Waals surface area contributed by atoms with Crippen molar-refractivity contribution in [2.24, 2.45) is 7.05 Å². The van der Waals surface area contributed by atoms with E-state index in [-0.39, 0.29) is 5.04 Å². The van der Waals surface area contributed by atoms with Crippen molar-refractivity contribution < 1.29 is 9.16 Å². The maximum Gasteiger partial charge on any atom is 0.261 e. The van der Waals surface area contributed by atoms with Crippen molar-refractivity contribution >= 4 is 18.7 Å². The van der Waals surface area contributed by atoms with Gasteiger partial charge in [0.15, 0.2) is 5.82 Å². The van der Waals surface area contributed by atoms with Crippen molar-refractivity contribution in [1.82, 2.24) is 29.4 Å². The van der Waals surface area contributed by atoms with Crippen LogP contribution in [0.4, 0.5) is 0 Å². The molecule has 0 N–H and O–H groups in total. The fourth-order valence-electron chi connectivity index (χ4n) is 8.87. The summed E-state index contributed by atoms with van der Waals surface area (Å²) in [5, 5.41) is 16.9. The van der Waals surface area contributed by atoms with Gasteiger partial charge in [0.1, 0.15) is 5.82 Å². The largest absolute Gasteiger partial charge is 0.400 e. The molecule has 8 nitrogen and oxygen atoms in total. The number of morpholine rings is 1. The van der Waals surface area contributed by atoms with Crippen LogP contribution < -0.4 is 10.4 Å². The zero-order chi connectivity index (χ0) is 33.1. The van der Waals surface area contributed by atoms with Gasteiger partial charge in [0, 0.05) is 38.3 Å². The van der Waals surface area contributed by atoms with Gasteiger partial charge in [-0.1, -0.05) is 81.4 Å². The molecule has 1 saturated heterocycles. The Morgan fingerprint density at radius 2 is 1.35 bits per heavy atom. The van der Waals surface area contributed by atoms with Gasteiger partial charge in [-0.05, 0) is 78.3 Å². The van der Waals surface area contributed by atoms with E-state index < -0.39 is 8.32 Å². The molecule has 3 heterocycles. The van der Waals surface area contributed by atoms with Crippen molar-refractivity contribution in [1.29, 1.82) is 0 Å². The topological polar surface area (TPSA) is 70.2 Å². The van der Waals surface area contributed by atoms with Crippen LogP contribution in [0.25, 0.3) is 0 Å². The van der Waals surface area contributed by atoms with Crippen LogP contribution in [-0.4, -0.2) is 70.1 Å². The van der Waals surface area contributed by atoms with Crippen molar-refractivity contribution in [3.8, 4) is 0 Å². The highest BCUT2D eigenvalue weighted by Gasteiger charge is 2.50. The summed E-state index contributed by atoms with van der Waals surface area (Å²) in [4.78, 5) is 2.65. The summed E-state index contributed by atoms with van der Waals surface area (Å²) in [5.74, 6) is 3.00. The number of benzene rings is 2. The molecule has 0 amide bonds. The van der Waals surface area contributed by atoms with Crippen LogP contribution in [0.15, 0.2) is 73.1 Å². The van der Waals surface area contributed by atoms with Gasteiger partial charge in [0.2, 0.25) is 0 Å². The predicted molar refractivity (Wildman–Crippen MR) is 193 cm³/mol. The third kappa shape index (κ3) is 6.71. The fraction of sp³-hybridized carbons (Fsp3) is 0.564. The molecule has 1 aliphatic heterocycles. The molecule has 2 aliphatic carbocycles. The average molecular weight is 667 g/mol. The fourth-order valence-corrected chi connectivity index (χ4v) is 13.4. The van der Waals surface area contributed by atoms with Gasteiger partial charge < -0.3 is 13.7 Å². The number of hydrogen-bond donors (Lipinski definition) is 0. The number of hydrogen-bond acceptors (Lipinski definition) is 6. The van der Waals surface area contributed by atoms with E-state index in [1.165, 1.54) is 54.5 Å². The van der Waals surface area contributed by atoms with E-state index in [0.717, 1.165) is 56.8 Å². The number of ether oxygens (including phenoxy) is 1. The second kappa shape index (κ2) is 14.4. The minimum Gasteiger partial charge on any atom is -0.400 e. The summed E-state index contributed by atoms with van der Waals surface area (Å²) in [6.07, 6.45) is 14.1. The first-order valence-corrected chi connectivity index (χ1v) is 20.2. The van der Waals surface area contributed by atoms with E-state index in [2.05, 4.69) is 115 Å². The van der Waals surface area contributed by atoms with E-state index in [1.807, 2.05) is 0 Å². The minimum atomic E-state index is -2.65. The zero-order valence-corrected chi connectivity index (χ0v) is 30.4. The average Bonchev–Trinajstić information content (AvgIpc) is 3.77. The Kier molecular flexibility index (Phi) is 10.0. The van der Waals surface area contributed by atoms with Crippen molar-refractivity contribution in [3.05, 3.63) is 90.3 Å². The summed E-state index contributed by atoms with van der Waals surface area (Å²) in [6.45, 7) is 11.4. The van der Waals surface area contributed by atoms with Crippen molar-refractivity contribution in [2.45, 2.75) is 108 Å². The SMILES string of the molecule is Cn1c(CO[Si](c2ccccc2)(c2ccccc2)C(C)(C)C)nnc1C1CCC(c2cnn(C3CCC(N4CCOCC4)CC3)c2)CC1. The van der Waals surface area contributed by atoms with E-state index in [0.29, 0.717) is 24.5 Å². The van der Waals surface area contributed by atoms with Crippen LogP contribution in [-0.2, 0) is 22.8 Å². The van der Waals surface area contributed by atoms with Crippen LogP contribution in [0.5, 0.6) is 0 Å². The maximum atomic E-state index is 7.20. The molecule has 0 spiro atoms. The lowest BCUT2D eigenvalue weighted by atomic mass is 9.79. The van der Waals surface area contributed by atoms with E-state index in [1.54, 1.807) is 0 Å². The highest BCUT2D eigenvalue weighted by Crippen LogP contribution is 2.41. The standard InChI is InChI=1S/C39H54N6O2Si/c1-39(2,3)48(35-11-7-5-8-12-35,36-13-9-6-10-14-36)47-29-37-41-42-38(43(37)4)31-17-15-30(16-18-31)32-27-40-45(28-32)34-21-19-33(20-22-34)44-23-25-46-26-24-44/h5-14,27-28,30-31,33-34H,15-26,29H2,1-4H3. The maximum absolute atomic E-state index is 7.20. The van der Waals surface area contributed by atoms with Crippen LogP contribution >= 0.6 is 0 Å². The third-order valence-electron chi connectivity index (χ3n) is 11.6. The molecular weight excluding hydrogens is 613 g/mol. The molecule has 0 radical (unpaired) electrons. The summed E-state index contributed by atoms with van der Waals surface area (Å²) >= 11 is 0. The monoisotopic (exact) mass is 666 g/mol. The quantitative estimate of drug-likeness (QED) is 0.194. The van der Waals surface area contributed by atoms with Crippen LogP contribution in [0, 0.1) is 0 Å². The molecule has 0 atom stereocenters. The van der Waals surface area contributed by atoms with Gasteiger partial charge in [-0.3, -0.25) is 9.58 Å². The molecule has 256 valence electrons. The van der Waals surface area contributed by atoms with Gasteiger partial charge in [0.25, 0.3) is 8.32 Å². The number of aromatic nitrogens is 5. The first-order valence-electron chi connectivity index (χ1n) is 18.3. The molecule has 3 aliphatic rings. The predicted octanol–water partition coefficient (Wildman–Crippen LogP) is 6.35. The van der Waals surface area contributed by atoms with Crippen LogP contribution in [0.3, 0.4) is 0 Å². The highest BCUT2D eigenvalue weighted by atomic mass is 28.4. The van der Waals surface area contributed by atoms with Crippen molar-refractivity contribution in [3.63, 3.8) is 0 Å².